The van der Waals surface area contributed by atoms with Crippen LogP contribution in [0.2, 0.25) is 0 Å². The fraction of sp³-hybridized carbons (Fsp3) is 0.538. The van der Waals surface area contributed by atoms with Gasteiger partial charge < -0.3 is 10.5 Å². The molecule has 0 saturated heterocycles. The summed E-state index contributed by atoms with van der Waals surface area (Å²) in [6, 6.07) is 4.34. The van der Waals surface area contributed by atoms with Crippen molar-refractivity contribution in [3.8, 4) is 5.75 Å². The molecule has 2 N–H and O–H groups in total. The van der Waals surface area contributed by atoms with Crippen molar-refractivity contribution in [3.05, 3.63) is 27.7 Å². The molecule has 0 fully saturated rings. The summed E-state index contributed by atoms with van der Waals surface area (Å²) in [5.41, 5.74) is 8.21. The lowest BCUT2D eigenvalue weighted by Crippen LogP contribution is -2.07. The molecule has 0 aliphatic carbocycles. The minimum absolute atomic E-state index is 0.607. The summed E-state index contributed by atoms with van der Waals surface area (Å²) in [5, 5.41) is 0.607. The molecule has 1 aromatic rings. The molecule has 1 aromatic carbocycles. The molecular formula is C13H18BrNOS. The number of halogens is 1. The summed E-state index contributed by atoms with van der Waals surface area (Å²) >= 11 is 5.52. The number of fused-ring (bicyclic) bond motifs is 1. The molecule has 0 aromatic heterocycles. The molecule has 1 aliphatic rings. The van der Waals surface area contributed by atoms with Crippen molar-refractivity contribution < 1.29 is 4.74 Å². The summed E-state index contributed by atoms with van der Waals surface area (Å²) < 4.78 is 6.87. The zero-order valence-corrected chi connectivity index (χ0v) is 12.4. The van der Waals surface area contributed by atoms with Gasteiger partial charge in [0.2, 0.25) is 0 Å². The van der Waals surface area contributed by atoms with E-state index in [4.69, 9.17) is 10.5 Å². The van der Waals surface area contributed by atoms with Gasteiger partial charge in [0.15, 0.2) is 0 Å². The SMILES string of the molecule is CC(CCN)SCc1cc(Br)cc2c1OCC2. The third-order valence-corrected chi connectivity index (χ3v) is 4.66. The van der Waals surface area contributed by atoms with Crippen molar-refractivity contribution in [3.63, 3.8) is 0 Å². The van der Waals surface area contributed by atoms with Crippen LogP contribution in [0.4, 0.5) is 0 Å². The normalized spacial score (nSPS) is 15.5. The van der Waals surface area contributed by atoms with E-state index in [-0.39, 0.29) is 0 Å². The highest BCUT2D eigenvalue weighted by molar-refractivity contribution is 9.10. The highest BCUT2D eigenvalue weighted by atomic mass is 79.9. The van der Waals surface area contributed by atoms with Crippen LogP contribution in [0.15, 0.2) is 16.6 Å². The number of ether oxygens (including phenoxy) is 1. The summed E-state index contributed by atoms with van der Waals surface area (Å²) in [5.74, 6) is 2.11. The van der Waals surface area contributed by atoms with E-state index in [0.29, 0.717) is 5.25 Å². The van der Waals surface area contributed by atoms with Gasteiger partial charge in [0.05, 0.1) is 6.61 Å². The zero-order chi connectivity index (χ0) is 12.3. The van der Waals surface area contributed by atoms with Gasteiger partial charge in [-0.2, -0.15) is 11.8 Å². The Bertz CT molecular complexity index is 397. The van der Waals surface area contributed by atoms with Gasteiger partial charge in [0, 0.05) is 27.5 Å². The molecule has 17 heavy (non-hydrogen) atoms. The first-order chi connectivity index (χ1) is 8.20. The summed E-state index contributed by atoms with van der Waals surface area (Å²) in [4.78, 5) is 0. The van der Waals surface area contributed by atoms with Crippen LogP contribution in [0, 0.1) is 0 Å². The molecule has 1 atom stereocenters. The Hall–Kier alpha value is -0.190. The highest BCUT2D eigenvalue weighted by Crippen LogP contribution is 2.35. The predicted molar refractivity (Wildman–Crippen MR) is 77.8 cm³/mol. The van der Waals surface area contributed by atoms with Crippen molar-refractivity contribution in [2.45, 2.75) is 30.8 Å². The number of rotatable bonds is 5. The van der Waals surface area contributed by atoms with Gasteiger partial charge in [-0.05, 0) is 30.7 Å². The maximum absolute atomic E-state index is 5.72. The summed E-state index contributed by atoms with van der Waals surface area (Å²) in [6.07, 6.45) is 2.10. The van der Waals surface area contributed by atoms with Gasteiger partial charge in [0.1, 0.15) is 5.75 Å². The fourth-order valence-corrected chi connectivity index (χ4v) is 3.54. The molecule has 0 spiro atoms. The summed E-state index contributed by atoms with van der Waals surface area (Å²) in [6.45, 7) is 3.82. The Labute approximate surface area is 115 Å². The van der Waals surface area contributed by atoms with Crippen molar-refractivity contribution >= 4 is 27.7 Å². The van der Waals surface area contributed by atoms with E-state index in [2.05, 4.69) is 35.0 Å². The van der Waals surface area contributed by atoms with E-state index in [0.717, 1.165) is 42.0 Å². The number of thioether (sulfide) groups is 1. The van der Waals surface area contributed by atoms with E-state index < -0.39 is 0 Å². The van der Waals surface area contributed by atoms with Gasteiger partial charge in [-0.1, -0.05) is 22.9 Å². The van der Waals surface area contributed by atoms with Crippen molar-refractivity contribution in [2.75, 3.05) is 13.2 Å². The molecule has 2 rings (SSSR count). The molecule has 0 bridgehead atoms. The van der Waals surface area contributed by atoms with Crippen LogP contribution in [-0.4, -0.2) is 18.4 Å². The zero-order valence-electron chi connectivity index (χ0n) is 10.0. The Morgan fingerprint density at radius 2 is 2.35 bits per heavy atom. The van der Waals surface area contributed by atoms with Crippen LogP contribution in [0.25, 0.3) is 0 Å². The average Bonchev–Trinajstić information content (AvgIpc) is 2.74. The minimum Gasteiger partial charge on any atom is -0.493 e. The lowest BCUT2D eigenvalue weighted by Gasteiger charge is -2.12. The van der Waals surface area contributed by atoms with Gasteiger partial charge in [-0.25, -0.2) is 0 Å². The lowest BCUT2D eigenvalue weighted by atomic mass is 10.1. The number of hydrogen-bond donors (Lipinski definition) is 1. The lowest BCUT2D eigenvalue weighted by molar-refractivity contribution is 0.354. The van der Waals surface area contributed by atoms with Gasteiger partial charge >= 0.3 is 0 Å². The maximum Gasteiger partial charge on any atom is 0.126 e. The van der Waals surface area contributed by atoms with Crippen LogP contribution in [0.5, 0.6) is 5.75 Å². The fourth-order valence-electron chi connectivity index (χ4n) is 2.00. The topological polar surface area (TPSA) is 35.2 Å². The molecule has 94 valence electrons. The largest absolute Gasteiger partial charge is 0.493 e. The molecule has 0 saturated carbocycles. The smallest absolute Gasteiger partial charge is 0.126 e. The van der Waals surface area contributed by atoms with Gasteiger partial charge in [-0.15, -0.1) is 0 Å². The molecule has 0 amide bonds. The number of nitrogens with two attached hydrogens (primary N) is 1. The molecular weight excluding hydrogens is 298 g/mol. The van der Waals surface area contributed by atoms with Crippen LogP contribution >= 0.6 is 27.7 Å². The second-order valence-electron chi connectivity index (χ2n) is 4.35. The van der Waals surface area contributed by atoms with Crippen LogP contribution in [0.3, 0.4) is 0 Å². The van der Waals surface area contributed by atoms with Gasteiger partial charge in [-0.3, -0.25) is 0 Å². The Balaban J connectivity index is 2.05. The molecule has 2 nitrogen and oxygen atoms in total. The molecule has 4 heteroatoms. The van der Waals surface area contributed by atoms with E-state index in [1.807, 2.05) is 11.8 Å². The Morgan fingerprint density at radius 1 is 1.53 bits per heavy atom. The predicted octanol–water partition coefficient (Wildman–Crippen LogP) is 3.35. The van der Waals surface area contributed by atoms with E-state index >= 15 is 0 Å². The molecule has 1 heterocycles. The second kappa shape index (κ2) is 6.12. The average molecular weight is 316 g/mol. The Kier molecular flexibility index (Phi) is 4.77. The van der Waals surface area contributed by atoms with Crippen molar-refractivity contribution in [1.29, 1.82) is 0 Å². The third kappa shape index (κ3) is 3.39. The van der Waals surface area contributed by atoms with Crippen LogP contribution in [-0.2, 0) is 12.2 Å². The van der Waals surface area contributed by atoms with Crippen molar-refractivity contribution in [2.24, 2.45) is 5.73 Å². The van der Waals surface area contributed by atoms with Crippen LogP contribution < -0.4 is 10.5 Å². The monoisotopic (exact) mass is 315 g/mol. The molecule has 0 radical (unpaired) electrons. The van der Waals surface area contributed by atoms with E-state index in [9.17, 15) is 0 Å². The van der Waals surface area contributed by atoms with Crippen molar-refractivity contribution in [1.82, 2.24) is 0 Å². The minimum atomic E-state index is 0.607. The highest BCUT2D eigenvalue weighted by Gasteiger charge is 2.17. The number of benzene rings is 1. The third-order valence-electron chi connectivity index (χ3n) is 2.92. The summed E-state index contributed by atoms with van der Waals surface area (Å²) in [7, 11) is 0. The molecule has 1 aliphatic heterocycles. The van der Waals surface area contributed by atoms with Gasteiger partial charge in [0.25, 0.3) is 0 Å². The van der Waals surface area contributed by atoms with Crippen LogP contribution in [0.1, 0.15) is 24.5 Å². The quantitative estimate of drug-likeness (QED) is 0.905. The first-order valence-electron chi connectivity index (χ1n) is 5.96. The first kappa shape index (κ1) is 13.2. The maximum atomic E-state index is 5.72. The van der Waals surface area contributed by atoms with E-state index in [1.165, 1.54) is 11.1 Å². The van der Waals surface area contributed by atoms with E-state index in [1.54, 1.807) is 0 Å². The first-order valence-corrected chi connectivity index (χ1v) is 7.80. The second-order valence-corrected chi connectivity index (χ2v) is 6.69. The standard InChI is InChI=1S/C13H18BrNOS/c1-9(2-4-15)17-8-11-7-12(14)6-10-3-5-16-13(10)11/h6-7,9H,2-5,8,15H2,1H3. The number of hydrogen-bond acceptors (Lipinski definition) is 3. The molecule has 1 unspecified atom stereocenters. The Morgan fingerprint density at radius 3 is 3.12 bits per heavy atom.